The van der Waals surface area contributed by atoms with Gasteiger partial charge in [0.25, 0.3) is 0 Å². The summed E-state index contributed by atoms with van der Waals surface area (Å²) in [6.45, 7) is 10.8. The zero-order valence-electron chi connectivity index (χ0n) is 26.3. The van der Waals surface area contributed by atoms with Crippen molar-refractivity contribution in [2.24, 2.45) is 0 Å². The minimum atomic E-state index is -0.0558. The van der Waals surface area contributed by atoms with Crippen molar-refractivity contribution in [1.82, 2.24) is 4.57 Å². The Morgan fingerprint density at radius 2 is 1.39 bits per heavy atom. The van der Waals surface area contributed by atoms with E-state index < -0.39 is 0 Å². The molecule has 8 aromatic rings. The van der Waals surface area contributed by atoms with Crippen LogP contribution in [-0.4, -0.2) is 4.57 Å². The zero-order valence-corrected chi connectivity index (χ0v) is 26.3. The van der Waals surface area contributed by atoms with E-state index in [0.29, 0.717) is 0 Å². The molecule has 46 heavy (non-hydrogen) atoms. The van der Waals surface area contributed by atoms with Crippen molar-refractivity contribution in [3.63, 3.8) is 0 Å². The Morgan fingerprint density at radius 3 is 2.22 bits per heavy atom. The van der Waals surface area contributed by atoms with Crippen molar-refractivity contribution in [1.29, 1.82) is 0 Å². The van der Waals surface area contributed by atoms with Crippen molar-refractivity contribution in [3.05, 3.63) is 151 Å². The molecule has 1 aliphatic rings. The molecule has 220 valence electrons. The van der Waals surface area contributed by atoms with Gasteiger partial charge in [0.1, 0.15) is 11.2 Å². The summed E-state index contributed by atoms with van der Waals surface area (Å²) in [5.41, 5.74) is 13.1. The van der Waals surface area contributed by atoms with Crippen molar-refractivity contribution in [2.45, 2.75) is 26.2 Å². The van der Waals surface area contributed by atoms with Gasteiger partial charge in [-0.1, -0.05) is 118 Å². The molecule has 2 heterocycles. The summed E-state index contributed by atoms with van der Waals surface area (Å²) in [7, 11) is 0. The van der Waals surface area contributed by atoms with Crippen LogP contribution in [0.1, 0.15) is 31.9 Å². The van der Waals surface area contributed by atoms with Gasteiger partial charge in [-0.2, -0.15) is 0 Å². The highest BCUT2D eigenvalue weighted by Crippen LogP contribution is 2.50. The second kappa shape index (κ2) is 9.70. The molecule has 1 aliphatic carbocycles. The Kier molecular flexibility index (Phi) is 5.64. The van der Waals surface area contributed by atoms with E-state index in [1.807, 2.05) is 6.08 Å². The molecule has 2 heteroatoms. The predicted molar refractivity (Wildman–Crippen MR) is 197 cm³/mol. The molecule has 0 unspecified atom stereocenters. The number of fused-ring (bicyclic) bond motifs is 13. The first-order valence-electron chi connectivity index (χ1n) is 16.0. The molecule has 0 atom stereocenters. The lowest BCUT2D eigenvalue weighted by Crippen LogP contribution is -2.14. The van der Waals surface area contributed by atoms with Gasteiger partial charge in [0.2, 0.25) is 0 Å². The molecule has 0 aliphatic heterocycles. The average molecular weight is 592 g/mol. The maximum Gasteiger partial charge on any atom is 0.144 e. The lowest BCUT2D eigenvalue weighted by atomic mass is 9.81. The lowest BCUT2D eigenvalue weighted by molar-refractivity contribution is 0.660. The van der Waals surface area contributed by atoms with Gasteiger partial charge in [0.15, 0.2) is 0 Å². The Morgan fingerprint density at radius 1 is 0.696 bits per heavy atom. The van der Waals surface area contributed by atoms with Crippen LogP contribution < -0.4 is 0 Å². The molecule has 0 fully saturated rings. The Labute approximate surface area is 268 Å². The summed E-state index contributed by atoms with van der Waals surface area (Å²) in [6.07, 6.45) is 8.24. The van der Waals surface area contributed by atoms with Crippen LogP contribution in [-0.2, 0) is 5.41 Å². The minimum absolute atomic E-state index is 0.0558. The smallest absolute Gasteiger partial charge is 0.144 e. The summed E-state index contributed by atoms with van der Waals surface area (Å²) in [6, 6.07) is 39.9. The molecule has 0 N–H and O–H groups in total. The van der Waals surface area contributed by atoms with Gasteiger partial charge >= 0.3 is 0 Å². The molecule has 0 radical (unpaired) electrons. The maximum absolute atomic E-state index is 6.65. The quantitative estimate of drug-likeness (QED) is 0.186. The SMILES string of the molecule is C=C/C=C(\C=C/C)n1c2ccc(-c3ccc4c(c3)C(C)(C)c3ccccc3-4)cc2c2c3c4ccccc4oc3c3ccccc3c21. The number of nitrogens with zero attached hydrogens (tertiary/aromatic N) is 1. The molecular weight excluding hydrogens is 558 g/mol. The first kappa shape index (κ1) is 26.8. The molecule has 0 saturated heterocycles. The van der Waals surface area contributed by atoms with Crippen LogP contribution in [0.2, 0.25) is 0 Å². The average Bonchev–Trinajstić information content (AvgIpc) is 3.71. The van der Waals surface area contributed by atoms with E-state index in [1.54, 1.807) is 0 Å². The number of hydrogen-bond acceptors (Lipinski definition) is 1. The van der Waals surface area contributed by atoms with Crippen molar-refractivity contribution < 1.29 is 4.42 Å². The van der Waals surface area contributed by atoms with Crippen molar-refractivity contribution >= 4 is 60.2 Å². The zero-order chi connectivity index (χ0) is 31.2. The molecule has 2 nitrogen and oxygen atoms in total. The fraction of sp³-hybridized carbons (Fsp3) is 0.0909. The Hall–Kier alpha value is -5.60. The van der Waals surface area contributed by atoms with Crippen LogP contribution in [0.3, 0.4) is 0 Å². The Bertz CT molecular complexity index is 2640. The third kappa shape index (κ3) is 3.53. The van der Waals surface area contributed by atoms with Gasteiger partial charge in [-0.25, -0.2) is 0 Å². The fourth-order valence-corrected chi connectivity index (χ4v) is 8.00. The van der Waals surface area contributed by atoms with Crippen LogP contribution in [0.15, 0.2) is 144 Å². The third-order valence-electron chi connectivity index (χ3n) is 10.0. The van der Waals surface area contributed by atoms with Gasteiger partial charge in [0, 0.05) is 43.4 Å². The molecule has 2 aromatic heterocycles. The standard InChI is InChI=1S/C44H33NO/c1-5-13-29(14-6-2)45-38-24-22-27(28-21-23-31-30-15-9-11-19-36(30)44(3,4)37(31)26-28)25-35(38)40-41-34-18-10-12-20-39(34)46-43(41)33-17-8-7-16-32(33)42(40)45/h5-26H,1H2,2-4H3/b14-6-,29-13+. The van der Waals surface area contributed by atoms with Gasteiger partial charge in [0.05, 0.1) is 11.0 Å². The van der Waals surface area contributed by atoms with E-state index in [2.05, 4.69) is 159 Å². The number of furan rings is 1. The topological polar surface area (TPSA) is 18.1 Å². The van der Waals surface area contributed by atoms with E-state index in [0.717, 1.165) is 38.5 Å². The van der Waals surface area contributed by atoms with Crippen LogP contribution in [0.25, 0.3) is 82.5 Å². The minimum Gasteiger partial charge on any atom is -0.455 e. The summed E-state index contributed by atoms with van der Waals surface area (Å²) in [5.74, 6) is 0. The molecule has 0 spiro atoms. The van der Waals surface area contributed by atoms with E-state index in [1.165, 1.54) is 55.1 Å². The van der Waals surface area contributed by atoms with E-state index in [9.17, 15) is 0 Å². The number of benzene rings is 6. The summed E-state index contributed by atoms with van der Waals surface area (Å²) in [5, 5.41) is 6.99. The van der Waals surface area contributed by atoms with Crippen LogP contribution >= 0.6 is 0 Å². The highest BCUT2D eigenvalue weighted by atomic mass is 16.3. The van der Waals surface area contributed by atoms with Gasteiger partial charge in [-0.3, -0.25) is 0 Å². The van der Waals surface area contributed by atoms with Crippen LogP contribution in [0, 0.1) is 0 Å². The second-order valence-electron chi connectivity index (χ2n) is 12.9. The van der Waals surface area contributed by atoms with Crippen LogP contribution in [0.5, 0.6) is 0 Å². The van der Waals surface area contributed by atoms with Gasteiger partial charge < -0.3 is 8.98 Å². The first-order chi connectivity index (χ1) is 22.5. The number of para-hydroxylation sites is 1. The fourth-order valence-electron chi connectivity index (χ4n) is 8.00. The molecule has 9 rings (SSSR count). The molecule has 0 bridgehead atoms. The predicted octanol–water partition coefficient (Wildman–Crippen LogP) is 12.4. The first-order valence-corrected chi connectivity index (χ1v) is 16.0. The molecule has 0 saturated carbocycles. The maximum atomic E-state index is 6.65. The number of allylic oxidation sites excluding steroid dienone is 5. The molecular formula is C44H33NO. The summed E-state index contributed by atoms with van der Waals surface area (Å²) >= 11 is 0. The largest absolute Gasteiger partial charge is 0.455 e. The number of aromatic nitrogens is 1. The molecule has 0 amide bonds. The number of rotatable bonds is 4. The van der Waals surface area contributed by atoms with E-state index in [4.69, 9.17) is 4.42 Å². The lowest BCUT2D eigenvalue weighted by Gasteiger charge is -2.22. The third-order valence-corrected chi connectivity index (χ3v) is 10.0. The van der Waals surface area contributed by atoms with Crippen LogP contribution in [0.4, 0.5) is 0 Å². The summed E-state index contributed by atoms with van der Waals surface area (Å²) < 4.78 is 9.06. The number of hydrogen-bond donors (Lipinski definition) is 0. The van der Waals surface area contributed by atoms with E-state index >= 15 is 0 Å². The highest BCUT2D eigenvalue weighted by Gasteiger charge is 2.35. The second-order valence-corrected chi connectivity index (χ2v) is 12.9. The monoisotopic (exact) mass is 591 g/mol. The highest BCUT2D eigenvalue weighted by molar-refractivity contribution is 6.36. The van der Waals surface area contributed by atoms with Crippen molar-refractivity contribution in [3.8, 4) is 22.3 Å². The normalized spacial score (nSPS) is 14.3. The van der Waals surface area contributed by atoms with E-state index in [-0.39, 0.29) is 5.41 Å². The van der Waals surface area contributed by atoms with Gasteiger partial charge in [-0.05, 0) is 76.7 Å². The van der Waals surface area contributed by atoms with Crippen molar-refractivity contribution in [2.75, 3.05) is 0 Å². The van der Waals surface area contributed by atoms with Gasteiger partial charge in [-0.15, -0.1) is 0 Å². The Balaban J connectivity index is 1.42. The molecule has 6 aromatic carbocycles. The summed E-state index contributed by atoms with van der Waals surface area (Å²) in [4.78, 5) is 0.